The van der Waals surface area contributed by atoms with Gasteiger partial charge in [0.2, 0.25) is 0 Å². The number of ether oxygens (including phenoxy) is 4. The molecule has 582 valence electrons. The summed E-state index contributed by atoms with van der Waals surface area (Å²) in [7, 11) is -9.92. The summed E-state index contributed by atoms with van der Waals surface area (Å²) in [6.45, 7) is 9.66. The first-order chi connectivity index (χ1) is 47.4. The smallest absolute Gasteiger partial charge is 0.462 e. The monoisotopic (exact) mass is 1440 g/mol. The molecule has 19 heteroatoms. The molecule has 2 unspecified atom stereocenters. The molecule has 0 saturated heterocycles. The molecule has 98 heavy (non-hydrogen) atoms. The van der Waals surface area contributed by atoms with Gasteiger partial charge in [-0.1, -0.05) is 363 Å². The first-order valence-electron chi connectivity index (χ1n) is 41.0. The lowest BCUT2D eigenvalue weighted by Crippen LogP contribution is -2.30. The first-order valence-corrected chi connectivity index (χ1v) is 44.0. The number of aliphatic hydroxyl groups excluding tert-OH is 1. The average Bonchev–Trinajstić information content (AvgIpc) is 1.26. The molecule has 0 rings (SSSR count). The molecule has 5 atom stereocenters. The number of phosphoric acid groups is 2. The number of phosphoric ester groups is 2. The predicted octanol–water partition coefficient (Wildman–Crippen LogP) is 23.5. The van der Waals surface area contributed by atoms with E-state index in [-0.39, 0.29) is 25.7 Å². The maximum atomic E-state index is 13.1. The summed E-state index contributed by atoms with van der Waals surface area (Å²) in [4.78, 5) is 73.0. The summed E-state index contributed by atoms with van der Waals surface area (Å²) in [5.74, 6) is -0.535. The number of carbonyl (C=O) groups is 4. The van der Waals surface area contributed by atoms with Crippen LogP contribution in [0.3, 0.4) is 0 Å². The molecule has 3 N–H and O–H groups in total. The van der Waals surface area contributed by atoms with E-state index in [0.29, 0.717) is 25.7 Å². The van der Waals surface area contributed by atoms with Crippen LogP contribution in [0.5, 0.6) is 0 Å². The van der Waals surface area contributed by atoms with Crippen molar-refractivity contribution in [3.05, 3.63) is 0 Å². The Balaban J connectivity index is 5.26. The van der Waals surface area contributed by atoms with E-state index in [1.807, 2.05) is 0 Å². The number of esters is 4. The molecule has 0 radical (unpaired) electrons. The summed E-state index contributed by atoms with van der Waals surface area (Å²) in [5, 5.41) is 10.6. The van der Waals surface area contributed by atoms with Gasteiger partial charge in [0.25, 0.3) is 0 Å². The predicted molar refractivity (Wildman–Crippen MR) is 400 cm³/mol. The van der Waals surface area contributed by atoms with Crippen LogP contribution in [0.25, 0.3) is 0 Å². The number of carbonyl (C=O) groups excluding carboxylic acids is 4. The van der Waals surface area contributed by atoms with Crippen molar-refractivity contribution in [3.63, 3.8) is 0 Å². The van der Waals surface area contributed by atoms with Crippen molar-refractivity contribution < 1.29 is 80.2 Å². The van der Waals surface area contributed by atoms with E-state index in [2.05, 4.69) is 41.5 Å². The van der Waals surface area contributed by atoms with E-state index in [9.17, 15) is 43.2 Å². The summed E-state index contributed by atoms with van der Waals surface area (Å²) in [5.41, 5.74) is 0. The van der Waals surface area contributed by atoms with Crippen LogP contribution >= 0.6 is 15.6 Å². The Hall–Kier alpha value is -1.94. The van der Waals surface area contributed by atoms with Crippen LogP contribution in [-0.4, -0.2) is 96.7 Å². The highest BCUT2D eigenvalue weighted by Crippen LogP contribution is 2.45. The zero-order chi connectivity index (χ0) is 72.1. The third-order valence-corrected chi connectivity index (χ3v) is 20.4. The van der Waals surface area contributed by atoms with Crippen LogP contribution in [0.4, 0.5) is 0 Å². The molecule has 0 aliphatic rings. The molecule has 0 bridgehead atoms. The molecule has 0 aromatic carbocycles. The highest BCUT2D eigenvalue weighted by molar-refractivity contribution is 7.47. The van der Waals surface area contributed by atoms with Gasteiger partial charge in [-0.05, 0) is 37.5 Å². The normalized spacial score (nSPS) is 13.9. The minimum atomic E-state index is -4.96. The Labute approximate surface area is 600 Å². The fourth-order valence-electron chi connectivity index (χ4n) is 12.2. The second-order valence-corrected chi connectivity index (χ2v) is 32.3. The van der Waals surface area contributed by atoms with Gasteiger partial charge in [-0.2, -0.15) is 0 Å². The van der Waals surface area contributed by atoms with Crippen molar-refractivity contribution in [2.24, 2.45) is 11.8 Å². The van der Waals surface area contributed by atoms with Crippen molar-refractivity contribution in [3.8, 4) is 0 Å². The third kappa shape index (κ3) is 72.4. The highest BCUT2D eigenvalue weighted by atomic mass is 31.2. The van der Waals surface area contributed by atoms with E-state index >= 15 is 0 Å². The van der Waals surface area contributed by atoms with Gasteiger partial charge in [-0.15, -0.1) is 0 Å². The number of hydrogen-bond donors (Lipinski definition) is 3. The van der Waals surface area contributed by atoms with Gasteiger partial charge < -0.3 is 33.8 Å². The van der Waals surface area contributed by atoms with Gasteiger partial charge in [0.05, 0.1) is 26.4 Å². The molecule has 0 amide bonds. The van der Waals surface area contributed by atoms with E-state index in [0.717, 1.165) is 102 Å². The number of aliphatic hydroxyl groups is 1. The fourth-order valence-corrected chi connectivity index (χ4v) is 13.8. The van der Waals surface area contributed by atoms with E-state index in [4.69, 9.17) is 37.0 Å². The summed E-state index contributed by atoms with van der Waals surface area (Å²) in [6, 6.07) is 0. The number of unbranched alkanes of at least 4 members (excludes halogenated alkanes) is 48. The summed E-state index contributed by atoms with van der Waals surface area (Å²) >= 11 is 0. The van der Waals surface area contributed by atoms with Crippen LogP contribution in [0.1, 0.15) is 414 Å². The maximum absolute atomic E-state index is 13.1. The molecule has 0 aromatic rings. The van der Waals surface area contributed by atoms with Gasteiger partial charge in [-0.25, -0.2) is 9.13 Å². The van der Waals surface area contributed by atoms with Crippen LogP contribution < -0.4 is 0 Å². The summed E-state index contributed by atoms with van der Waals surface area (Å²) < 4.78 is 68.7. The standard InChI is InChI=1S/C79H154O17P2/c1-7-9-11-13-15-17-19-21-26-32-39-45-51-57-63-78(83)95-74(67-89-76(81)61-55-49-43-37-31-20-18-16-14-12-10-8-2)69-93-97(85,86)91-65-73(80)66-92-98(87,88)94-70-75(68-90-77(82)62-56-50-44-38-34-28-30-36-42-48-54-60-72(5)6)96-79(84)64-58-52-46-40-33-27-24-22-23-25-29-35-41-47-53-59-71(3)4/h71-75,80H,7-70H2,1-6H3,(H,85,86)(H,87,88)/t73-,74+,75+/m0/s1. The van der Waals surface area contributed by atoms with Crippen molar-refractivity contribution in [2.45, 2.75) is 432 Å². The lowest BCUT2D eigenvalue weighted by atomic mass is 10.0. The fraction of sp³-hybridized carbons (Fsp3) is 0.949. The SMILES string of the molecule is CCCCCCCCCCCCCCCCC(=O)O[C@H](COC(=O)CCCCCCCCCCCCCC)COP(=O)(O)OC[C@H](O)COP(=O)(O)OC[C@@H](COC(=O)CCCCCCCCCCCCCC(C)C)OC(=O)CCCCCCCCCCCCCCCCCC(C)C. The molecule has 17 nitrogen and oxygen atoms in total. The van der Waals surface area contributed by atoms with Gasteiger partial charge in [0, 0.05) is 25.7 Å². The van der Waals surface area contributed by atoms with Crippen molar-refractivity contribution in [1.82, 2.24) is 0 Å². The van der Waals surface area contributed by atoms with Gasteiger partial charge in [-0.3, -0.25) is 37.3 Å². The second-order valence-electron chi connectivity index (χ2n) is 29.4. The zero-order valence-electron chi connectivity index (χ0n) is 64.1. The second kappa shape index (κ2) is 70.7. The Morgan fingerprint density at radius 2 is 0.469 bits per heavy atom. The molecule has 0 aliphatic carbocycles. The highest BCUT2D eigenvalue weighted by Gasteiger charge is 2.30. The van der Waals surface area contributed by atoms with E-state index < -0.39 is 97.5 Å². The minimum Gasteiger partial charge on any atom is -0.462 e. The maximum Gasteiger partial charge on any atom is 0.472 e. The molecule has 0 spiro atoms. The van der Waals surface area contributed by atoms with Crippen LogP contribution in [-0.2, 0) is 65.4 Å². The average molecular weight is 1440 g/mol. The first kappa shape index (κ1) is 96.1. The molecule has 0 aromatic heterocycles. The van der Waals surface area contributed by atoms with Crippen LogP contribution in [0.2, 0.25) is 0 Å². The topological polar surface area (TPSA) is 237 Å². The molecule has 0 heterocycles. The Kier molecular flexibility index (Phi) is 69.3. The number of hydrogen-bond acceptors (Lipinski definition) is 15. The molecule has 0 fully saturated rings. The molecular formula is C79H154O17P2. The van der Waals surface area contributed by atoms with Crippen LogP contribution in [0, 0.1) is 11.8 Å². The molecule has 0 aliphatic heterocycles. The lowest BCUT2D eigenvalue weighted by Gasteiger charge is -2.21. The Morgan fingerprint density at radius 1 is 0.276 bits per heavy atom. The molecular weight excluding hydrogens is 1280 g/mol. The zero-order valence-corrected chi connectivity index (χ0v) is 65.9. The van der Waals surface area contributed by atoms with Gasteiger partial charge in [0.1, 0.15) is 19.3 Å². The molecule has 0 saturated carbocycles. The third-order valence-electron chi connectivity index (χ3n) is 18.5. The van der Waals surface area contributed by atoms with Crippen molar-refractivity contribution in [1.29, 1.82) is 0 Å². The van der Waals surface area contributed by atoms with Gasteiger partial charge in [0.15, 0.2) is 12.2 Å². The number of rotatable bonds is 78. The Morgan fingerprint density at radius 3 is 0.694 bits per heavy atom. The van der Waals surface area contributed by atoms with E-state index in [1.54, 1.807) is 0 Å². The lowest BCUT2D eigenvalue weighted by molar-refractivity contribution is -0.161. The summed E-state index contributed by atoms with van der Waals surface area (Å²) in [6.07, 6.45) is 59.4. The largest absolute Gasteiger partial charge is 0.472 e. The van der Waals surface area contributed by atoms with Crippen molar-refractivity contribution >= 4 is 39.5 Å². The van der Waals surface area contributed by atoms with Crippen LogP contribution in [0.15, 0.2) is 0 Å². The van der Waals surface area contributed by atoms with E-state index in [1.165, 1.54) is 231 Å². The Bertz CT molecular complexity index is 1890. The quantitative estimate of drug-likeness (QED) is 0.0222. The van der Waals surface area contributed by atoms with Gasteiger partial charge >= 0.3 is 39.5 Å². The minimum absolute atomic E-state index is 0.108. The van der Waals surface area contributed by atoms with Crippen molar-refractivity contribution in [2.75, 3.05) is 39.6 Å².